The molecule has 0 aliphatic heterocycles. The number of carbonyl (C=O) groups excluding carboxylic acids is 1. The fourth-order valence-corrected chi connectivity index (χ4v) is 2.81. The zero-order valence-electron chi connectivity index (χ0n) is 12.5. The van der Waals surface area contributed by atoms with Crippen molar-refractivity contribution in [3.8, 4) is 0 Å². The van der Waals surface area contributed by atoms with E-state index < -0.39 is 12.0 Å². The summed E-state index contributed by atoms with van der Waals surface area (Å²) < 4.78 is 12.7. The van der Waals surface area contributed by atoms with E-state index in [0.717, 1.165) is 6.42 Å². The first kappa shape index (κ1) is 15.4. The number of amides is 2. The lowest BCUT2D eigenvalue weighted by molar-refractivity contribution is 0.201. The van der Waals surface area contributed by atoms with Crippen molar-refractivity contribution in [2.75, 3.05) is 18.5 Å². The van der Waals surface area contributed by atoms with Gasteiger partial charge in [0.1, 0.15) is 0 Å². The number of urea groups is 1. The number of aliphatic hydroxyl groups is 1. The zero-order chi connectivity index (χ0) is 16.3. The van der Waals surface area contributed by atoms with Crippen LogP contribution in [-0.2, 0) is 0 Å². The second-order valence-electron chi connectivity index (χ2n) is 5.87. The van der Waals surface area contributed by atoms with Crippen molar-refractivity contribution >= 4 is 11.7 Å². The second-order valence-corrected chi connectivity index (χ2v) is 5.87. The van der Waals surface area contributed by atoms with Crippen LogP contribution in [-0.4, -0.2) is 29.3 Å². The highest BCUT2D eigenvalue weighted by atomic mass is 19.1. The molecule has 23 heavy (non-hydrogen) atoms. The van der Waals surface area contributed by atoms with Crippen LogP contribution in [0.15, 0.2) is 48.7 Å². The Hall–Kier alpha value is -2.47. The molecule has 0 spiro atoms. The van der Waals surface area contributed by atoms with Gasteiger partial charge in [0.15, 0.2) is 0 Å². The van der Waals surface area contributed by atoms with Crippen molar-refractivity contribution in [2.45, 2.75) is 12.3 Å². The van der Waals surface area contributed by atoms with Gasteiger partial charge in [-0.25, -0.2) is 9.78 Å². The van der Waals surface area contributed by atoms with Gasteiger partial charge < -0.3 is 15.7 Å². The van der Waals surface area contributed by atoms with Crippen molar-refractivity contribution in [1.82, 2.24) is 10.3 Å². The number of hydrogen-bond acceptors (Lipinski definition) is 3. The van der Waals surface area contributed by atoms with E-state index in [1.54, 1.807) is 0 Å². The Labute approximate surface area is 133 Å². The summed E-state index contributed by atoms with van der Waals surface area (Å²) in [6.45, 7) is 0.397. The van der Waals surface area contributed by atoms with E-state index in [0.29, 0.717) is 12.2 Å². The average molecular weight is 315 g/mol. The summed E-state index contributed by atoms with van der Waals surface area (Å²) in [6, 6.07) is 12.2. The number of aromatic nitrogens is 1. The van der Waals surface area contributed by atoms with E-state index in [4.69, 9.17) is 0 Å². The van der Waals surface area contributed by atoms with E-state index in [9.17, 15) is 14.3 Å². The molecule has 2 amide bonds. The van der Waals surface area contributed by atoms with Crippen LogP contribution in [0.25, 0.3) is 0 Å². The minimum absolute atomic E-state index is 0.0188. The molecule has 1 heterocycles. The number of benzene rings is 1. The molecular formula is C17H18FN3O2. The topological polar surface area (TPSA) is 74.2 Å². The maximum absolute atomic E-state index is 12.7. The number of nitrogens with one attached hydrogen (secondary N) is 2. The van der Waals surface area contributed by atoms with E-state index in [2.05, 4.69) is 15.6 Å². The van der Waals surface area contributed by atoms with Crippen molar-refractivity contribution in [3.05, 3.63) is 60.2 Å². The molecule has 3 N–H and O–H groups in total. The Bertz CT molecular complexity index is 678. The van der Waals surface area contributed by atoms with E-state index in [1.165, 1.54) is 23.9 Å². The number of anilines is 1. The molecule has 2 aromatic rings. The molecule has 0 bridgehead atoms. The third-order valence-electron chi connectivity index (χ3n) is 4.29. The monoisotopic (exact) mass is 315 g/mol. The first-order chi connectivity index (χ1) is 11.1. The molecular weight excluding hydrogens is 297 g/mol. The lowest BCUT2D eigenvalue weighted by atomic mass is 10.00. The van der Waals surface area contributed by atoms with Crippen LogP contribution in [0.4, 0.5) is 14.9 Å². The van der Waals surface area contributed by atoms with Gasteiger partial charge in [0.2, 0.25) is 5.95 Å². The molecule has 1 aromatic carbocycles. The largest absolute Gasteiger partial charge is 0.396 e. The molecule has 1 aliphatic rings. The second kappa shape index (κ2) is 6.34. The Morgan fingerprint density at radius 2 is 2.09 bits per heavy atom. The summed E-state index contributed by atoms with van der Waals surface area (Å²) in [5, 5.41) is 15.1. The Morgan fingerprint density at radius 1 is 1.30 bits per heavy atom. The first-order valence-corrected chi connectivity index (χ1v) is 7.45. The molecule has 0 unspecified atom stereocenters. The van der Waals surface area contributed by atoms with Crippen molar-refractivity contribution < 1.29 is 14.3 Å². The van der Waals surface area contributed by atoms with E-state index in [1.807, 2.05) is 30.3 Å². The van der Waals surface area contributed by atoms with Crippen LogP contribution < -0.4 is 10.6 Å². The van der Waals surface area contributed by atoms with Gasteiger partial charge in [0.05, 0.1) is 18.5 Å². The fourth-order valence-electron chi connectivity index (χ4n) is 2.81. The number of aliphatic hydroxyl groups excluding tert-OH is 1. The molecule has 1 saturated carbocycles. The Balaban J connectivity index is 1.55. The minimum Gasteiger partial charge on any atom is -0.396 e. The molecule has 0 radical (unpaired) electrons. The zero-order valence-corrected chi connectivity index (χ0v) is 12.5. The highest BCUT2D eigenvalue weighted by Crippen LogP contribution is 2.58. The molecule has 1 fully saturated rings. The van der Waals surface area contributed by atoms with Crippen molar-refractivity contribution in [3.63, 3.8) is 0 Å². The van der Waals surface area contributed by atoms with Gasteiger partial charge >= 0.3 is 6.03 Å². The molecule has 120 valence electrons. The lowest BCUT2D eigenvalue weighted by Gasteiger charge is -2.16. The Morgan fingerprint density at radius 3 is 2.74 bits per heavy atom. The molecule has 0 saturated heterocycles. The maximum Gasteiger partial charge on any atom is 0.319 e. The summed E-state index contributed by atoms with van der Waals surface area (Å²) in [5.74, 6) is -0.347. The van der Waals surface area contributed by atoms with E-state index in [-0.39, 0.29) is 17.9 Å². The van der Waals surface area contributed by atoms with Gasteiger partial charge in [-0.05, 0) is 30.0 Å². The molecule has 5 nitrogen and oxygen atoms in total. The Kier molecular flexibility index (Phi) is 4.25. The fraction of sp³-hybridized carbons (Fsp3) is 0.294. The molecule has 6 heteroatoms. The van der Waals surface area contributed by atoms with Gasteiger partial charge in [0.25, 0.3) is 0 Å². The lowest BCUT2D eigenvalue weighted by Crippen LogP contribution is -2.35. The predicted molar refractivity (Wildman–Crippen MR) is 84.5 cm³/mol. The highest BCUT2D eigenvalue weighted by Gasteiger charge is 2.54. The van der Waals surface area contributed by atoms with Crippen LogP contribution in [0.5, 0.6) is 0 Å². The maximum atomic E-state index is 12.7. The van der Waals surface area contributed by atoms with Gasteiger partial charge in [-0.3, -0.25) is 0 Å². The summed E-state index contributed by atoms with van der Waals surface area (Å²) in [5.41, 5.74) is 1.28. The molecule has 2 atom stereocenters. The number of rotatable bonds is 5. The number of carbonyl (C=O) groups is 1. The van der Waals surface area contributed by atoms with Gasteiger partial charge in [-0.1, -0.05) is 30.3 Å². The number of nitrogens with zero attached hydrogens (tertiary/aromatic N) is 1. The van der Waals surface area contributed by atoms with Crippen LogP contribution >= 0.6 is 0 Å². The summed E-state index contributed by atoms with van der Waals surface area (Å²) >= 11 is 0. The van der Waals surface area contributed by atoms with Crippen LogP contribution in [0.2, 0.25) is 0 Å². The standard InChI is InChI=1S/C17H18FN3O2/c18-15-7-6-13(9-19-15)21-16(23)20-10-17(11-22)8-14(17)12-4-2-1-3-5-12/h1-7,9,14,22H,8,10-11H2,(H2,20,21,23)/t14-,17-/m0/s1. The third-order valence-corrected chi connectivity index (χ3v) is 4.29. The van der Waals surface area contributed by atoms with Crippen molar-refractivity contribution in [2.24, 2.45) is 5.41 Å². The number of pyridine rings is 1. The van der Waals surface area contributed by atoms with Gasteiger partial charge in [0, 0.05) is 12.0 Å². The first-order valence-electron chi connectivity index (χ1n) is 7.45. The predicted octanol–water partition coefficient (Wildman–Crippen LogP) is 2.51. The quantitative estimate of drug-likeness (QED) is 0.742. The van der Waals surface area contributed by atoms with Crippen LogP contribution in [0.1, 0.15) is 17.9 Å². The summed E-state index contributed by atoms with van der Waals surface area (Å²) in [4.78, 5) is 15.4. The number of hydrogen-bond donors (Lipinski definition) is 3. The van der Waals surface area contributed by atoms with Gasteiger partial charge in [-0.15, -0.1) is 0 Å². The normalized spacial score (nSPS) is 22.4. The average Bonchev–Trinajstić information content (AvgIpc) is 3.31. The van der Waals surface area contributed by atoms with Crippen LogP contribution in [0.3, 0.4) is 0 Å². The number of halogens is 1. The smallest absolute Gasteiger partial charge is 0.319 e. The summed E-state index contributed by atoms with van der Waals surface area (Å²) in [6.07, 6.45) is 2.09. The van der Waals surface area contributed by atoms with Crippen LogP contribution in [0, 0.1) is 11.4 Å². The SMILES string of the molecule is O=C(NC[C@]1(CO)C[C@H]1c1ccccc1)Nc1ccc(F)nc1. The van der Waals surface area contributed by atoms with Crippen molar-refractivity contribution in [1.29, 1.82) is 0 Å². The minimum atomic E-state index is -0.598. The summed E-state index contributed by atoms with van der Waals surface area (Å²) in [7, 11) is 0. The molecule has 1 aliphatic carbocycles. The molecule has 3 rings (SSSR count). The van der Waals surface area contributed by atoms with E-state index >= 15 is 0 Å². The third kappa shape index (κ3) is 3.48. The highest BCUT2D eigenvalue weighted by molar-refractivity contribution is 5.89. The molecule has 1 aromatic heterocycles. The van der Waals surface area contributed by atoms with Gasteiger partial charge in [-0.2, -0.15) is 4.39 Å².